The fourth-order valence-electron chi connectivity index (χ4n) is 7.18. The molecule has 0 unspecified atom stereocenters. The molecule has 8 atom stereocenters. The maximum absolute atomic E-state index is 11.3. The number of hydrogen-bond acceptors (Lipinski definition) is 5. The Labute approximate surface area is 161 Å². The van der Waals surface area contributed by atoms with E-state index in [4.69, 9.17) is 4.74 Å². The molecule has 2 N–H and O–H groups in total. The molecule has 0 radical (unpaired) electrons. The van der Waals surface area contributed by atoms with Crippen molar-refractivity contribution >= 4 is 5.97 Å². The number of nitriles is 1. The van der Waals surface area contributed by atoms with Gasteiger partial charge in [-0.05, 0) is 61.7 Å². The fourth-order valence-corrected chi connectivity index (χ4v) is 7.18. The molecule has 148 valence electrons. The molecule has 0 amide bonds. The summed E-state index contributed by atoms with van der Waals surface area (Å²) in [6.07, 6.45) is 7.27. The van der Waals surface area contributed by atoms with Crippen LogP contribution in [0.5, 0.6) is 0 Å². The topological polar surface area (TPSA) is 90.6 Å². The van der Waals surface area contributed by atoms with Crippen LogP contribution < -0.4 is 0 Å². The van der Waals surface area contributed by atoms with Gasteiger partial charge in [0.25, 0.3) is 0 Å². The van der Waals surface area contributed by atoms with Gasteiger partial charge in [0.1, 0.15) is 12.2 Å². The Morgan fingerprint density at radius 3 is 2.70 bits per heavy atom. The molecule has 0 spiro atoms. The molecule has 4 aliphatic rings. The van der Waals surface area contributed by atoms with Crippen LogP contribution in [-0.4, -0.2) is 34.0 Å². The average Bonchev–Trinajstić information content (AvgIpc) is 2.82. The van der Waals surface area contributed by atoms with Crippen LogP contribution in [0.3, 0.4) is 0 Å². The summed E-state index contributed by atoms with van der Waals surface area (Å²) < 4.78 is 5.48. The van der Waals surface area contributed by atoms with E-state index in [1.165, 1.54) is 12.5 Å². The first kappa shape index (κ1) is 19.0. The van der Waals surface area contributed by atoms with Crippen molar-refractivity contribution in [2.24, 2.45) is 28.6 Å². The lowest BCUT2D eigenvalue weighted by atomic mass is 9.47. The summed E-state index contributed by atoms with van der Waals surface area (Å²) in [4.78, 5) is 11.3. The zero-order valence-corrected chi connectivity index (χ0v) is 16.6. The summed E-state index contributed by atoms with van der Waals surface area (Å²) in [6, 6.07) is 2.06. The van der Waals surface area contributed by atoms with E-state index in [2.05, 4.69) is 19.1 Å². The highest BCUT2D eigenvalue weighted by Gasteiger charge is 2.67. The third-order valence-corrected chi connectivity index (χ3v) is 8.78. The van der Waals surface area contributed by atoms with Crippen LogP contribution in [0.15, 0.2) is 11.6 Å². The molecule has 5 heteroatoms. The van der Waals surface area contributed by atoms with Crippen molar-refractivity contribution in [2.45, 2.75) is 83.5 Å². The minimum absolute atomic E-state index is 0.00999. The zero-order chi connectivity index (χ0) is 19.6. The molecule has 0 aromatic heterocycles. The highest BCUT2D eigenvalue weighted by Crippen LogP contribution is 2.67. The Morgan fingerprint density at radius 2 is 2.04 bits per heavy atom. The van der Waals surface area contributed by atoms with Gasteiger partial charge >= 0.3 is 5.97 Å². The number of ether oxygens (including phenoxy) is 1. The van der Waals surface area contributed by atoms with Gasteiger partial charge in [0.15, 0.2) is 5.60 Å². The molecule has 3 saturated carbocycles. The lowest BCUT2D eigenvalue weighted by Crippen LogP contribution is -2.56. The molecule has 27 heavy (non-hydrogen) atoms. The molecule has 4 rings (SSSR count). The summed E-state index contributed by atoms with van der Waals surface area (Å²) in [6.45, 7) is 5.83. The van der Waals surface area contributed by atoms with E-state index in [-0.39, 0.29) is 23.4 Å². The van der Waals surface area contributed by atoms with Crippen LogP contribution in [-0.2, 0) is 9.53 Å². The number of rotatable bonds is 1. The van der Waals surface area contributed by atoms with Gasteiger partial charge in [0.2, 0.25) is 0 Å². The zero-order valence-electron chi connectivity index (χ0n) is 16.6. The number of carbonyl (C=O) groups is 1. The van der Waals surface area contributed by atoms with Crippen molar-refractivity contribution < 1.29 is 19.7 Å². The highest BCUT2D eigenvalue weighted by molar-refractivity contribution is 5.66. The van der Waals surface area contributed by atoms with Gasteiger partial charge in [-0.3, -0.25) is 4.79 Å². The van der Waals surface area contributed by atoms with Gasteiger partial charge in [-0.15, -0.1) is 0 Å². The third kappa shape index (κ3) is 2.46. The summed E-state index contributed by atoms with van der Waals surface area (Å²) in [7, 11) is 0. The van der Waals surface area contributed by atoms with Crippen LogP contribution >= 0.6 is 0 Å². The lowest BCUT2D eigenvalue weighted by Gasteiger charge is -2.58. The highest BCUT2D eigenvalue weighted by atomic mass is 16.5. The summed E-state index contributed by atoms with van der Waals surface area (Å²) in [5.41, 5.74) is -0.669. The Bertz CT molecular complexity index is 726. The number of nitrogens with zero attached hydrogens (tertiary/aromatic N) is 1. The number of carbonyl (C=O) groups excluding carboxylic acids is 1. The number of hydrogen-bond donors (Lipinski definition) is 2. The predicted octanol–water partition coefficient (Wildman–Crippen LogP) is 3.11. The van der Waals surface area contributed by atoms with Crippen LogP contribution in [0.2, 0.25) is 0 Å². The molecule has 0 bridgehead atoms. The largest absolute Gasteiger partial charge is 0.462 e. The van der Waals surface area contributed by atoms with E-state index in [0.29, 0.717) is 18.3 Å². The quantitative estimate of drug-likeness (QED) is 0.419. The van der Waals surface area contributed by atoms with Crippen LogP contribution in [0.4, 0.5) is 0 Å². The van der Waals surface area contributed by atoms with Gasteiger partial charge in [-0.2, -0.15) is 5.26 Å². The Kier molecular flexibility index (Phi) is 4.25. The van der Waals surface area contributed by atoms with Crippen molar-refractivity contribution in [3.63, 3.8) is 0 Å². The Hall–Kier alpha value is -1.38. The minimum Gasteiger partial charge on any atom is -0.462 e. The first-order chi connectivity index (χ1) is 12.7. The summed E-state index contributed by atoms with van der Waals surface area (Å²) >= 11 is 0. The van der Waals surface area contributed by atoms with Crippen molar-refractivity contribution in [1.29, 1.82) is 5.26 Å². The van der Waals surface area contributed by atoms with E-state index in [1.54, 1.807) is 0 Å². The van der Waals surface area contributed by atoms with E-state index >= 15 is 0 Å². The van der Waals surface area contributed by atoms with Crippen molar-refractivity contribution in [2.75, 3.05) is 0 Å². The standard InChI is InChI=1S/C22H31NO4/c1-13(24)27-15-6-8-20(2)14(10-15)4-5-16-17(20)7-9-21(3)18(16)11-19(25)22(21,26)12-23/h4,15-19,25-26H,5-11H2,1-3H3/t15-,16+,17+,18+,19+,20-,21-,22+/m0/s1. The third-order valence-electron chi connectivity index (χ3n) is 8.78. The lowest BCUT2D eigenvalue weighted by molar-refractivity contribution is -0.149. The molecule has 4 aliphatic carbocycles. The van der Waals surface area contributed by atoms with Crippen molar-refractivity contribution in [3.8, 4) is 6.07 Å². The maximum Gasteiger partial charge on any atom is 0.302 e. The predicted molar refractivity (Wildman–Crippen MR) is 99.2 cm³/mol. The van der Waals surface area contributed by atoms with Crippen LogP contribution in [0.1, 0.15) is 65.7 Å². The van der Waals surface area contributed by atoms with Crippen LogP contribution in [0, 0.1) is 39.9 Å². The molecule has 5 nitrogen and oxygen atoms in total. The second-order valence-corrected chi connectivity index (χ2v) is 9.82. The van der Waals surface area contributed by atoms with Crippen molar-refractivity contribution in [3.05, 3.63) is 11.6 Å². The monoisotopic (exact) mass is 373 g/mol. The number of allylic oxidation sites excluding steroid dienone is 1. The molecular weight excluding hydrogens is 342 g/mol. The second kappa shape index (κ2) is 6.06. The van der Waals surface area contributed by atoms with Gasteiger partial charge in [0, 0.05) is 18.8 Å². The van der Waals surface area contributed by atoms with Gasteiger partial charge < -0.3 is 14.9 Å². The normalized spacial score (nSPS) is 51.3. The van der Waals surface area contributed by atoms with Gasteiger partial charge in [0.05, 0.1) is 6.10 Å². The summed E-state index contributed by atoms with van der Waals surface area (Å²) in [5.74, 6) is 0.848. The molecule has 0 aliphatic heterocycles. The Balaban J connectivity index is 1.63. The Morgan fingerprint density at radius 1 is 1.30 bits per heavy atom. The molecular formula is C22H31NO4. The fraction of sp³-hybridized carbons (Fsp3) is 0.818. The SMILES string of the molecule is CC(=O)O[C@H]1CC[C@@]2(C)C(=CC[C@@H]3[C@H]2CC[C@@]2(C)[C@@H]3C[C@@H](O)[C@]2(O)C#N)C1. The number of aliphatic hydroxyl groups excluding tert-OH is 1. The van der Waals surface area contributed by atoms with E-state index < -0.39 is 17.1 Å². The van der Waals surface area contributed by atoms with E-state index in [9.17, 15) is 20.3 Å². The molecule has 0 heterocycles. The molecule has 0 aromatic carbocycles. The van der Waals surface area contributed by atoms with Crippen molar-refractivity contribution in [1.82, 2.24) is 0 Å². The van der Waals surface area contributed by atoms with E-state index in [0.717, 1.165) is 38.5 Å². The van der Waals surface area contributed by atoms with Crippen LogP contribution in [0.25, 0.3) is 0 Å². The van der Waals surface area contributed by atoms with E-state index in [1.807, 2.05) is 6.92 Å². The number of esters is 1. The molecule has 0 saturated heterocycles. The number of fused-ring (bicyclic) bond motifs is 5. The average molecular weight is 373 g/mol. The van der Waals surface area contributed by atoms with Gasteiger partial charge in [-0.25, -0.2) is 0 Å². The smallest absolute Gasteiger partial charge is 0.302 e. The minimum atomic E-state index is -1.64. The first-order valence-corrected chi connectivity index (χ1v) is 10.3. The van der Waals surface area contributed by atoms with Gasteiger partial charge in [-0.1, -0.05) is 25.5 Å². The number of aliphatic hydroxyl groups is 2. The second-order valence-electron chi connectivity index (χ2n) is 9.82. The molecule has 3 fully saturated rings. The maximum atomic E-state index is 11.3. The summed E-state index contributed by atoms with van der Waals surface area (Å²) in [5, 5.41) is 31.1. The molecule has 0 aromatic rings. The first-order valence-electron chi connectivity index (χ1n) is 10.3.